The fourth-order valence-corrected chi connectivity index (χ4v) is 2.89. The Morgan fingerprint density at radius 2 is 1.96 bits per heavy atom. The molecule has 5 heteroatoms. The molecule has 1 N–H and O–H groups in total. The van der Waals surface area contributed by atoms with Gasteiger partial charge >= 0.3 is 0 Å². The molecule has 2 aromatic rings. The first-order valence-electron chi connectivity index (χ1n) is 8.67. The monoisotopic (exact) mass is 350 g/mol. The molecule has 0 aliphatic heterocycles. The fourth-order valence-electron chi connectivity index (χ4n) is 2.89. The van der Waals surface area contributed by atoms with E-state index in [0.717, 1.165) is 18.4 Å². The van der Waals surface area contributed by atoms with Crippen LogP contribution in [-0.2, 0) is 4.79 Å². The highest BCUT2D eigenvalue weighted by atomic mass is 16.5. The topological polar surface area (TPSA) is 71.3 Å². The summed E-state index contributed by atoms with van der Waals surface area (Å²) in [4.78, 5) is 12.4. The summed E-state index contributed by atoms with van der Waals surface area (Å²) in [5.41, 5.74) is 2.81. The zero-order valence-electron chi connectivity index (χ0n) is 15.0. The van der Waals surface area contributed by atoms with Crippen molar-refractivity contribution < 1.29 is 14.3 Å². The number of hydrogen-bond donors (Lipinski definition) is 1. The molecular weight excluding hydrogens is 328 g/mol. The van der Waals surface area contributed by atoms with Crippen LogP contribution in [0.25, 0.3) is 0 Å². The zero-order valence-corrected chi connectivity index (χ0v) is 15.0. The number of carbonyl (C=O) groups is 1. The fraction of sp³-hybridized carbons (Fsp3) is 0.333. The Morgan fingerprint density at radius 3 is 2.58 bits per heavy atom. The lowest BCUT2D eigenvalue weighted by Gasteiger charge is -2.19. The molecule has 1 fully saturated rings. The number of amides is 1. The van der Waals surface area contributed by atoms with Gasteiger partial charge in [0.15, 0.2) is 18.1 Å². The van der Waals surface area contributed by atoms with Crippen molar-refractivity contribution in [1.82, 2.24) is 5.32 Å². The van der Waals surface area contributed by atoms with E-state index >= 15 is 0 Å². The molecule has 26 heavy (non-hydrogen) atoms. The lowest BCUT2D eigenvalue weighted by Crippen LogP contribution is -2.33. The molecule has 1 amide bonds. The molecule has 3 rings (SSSR count). The Kier molecular flexibility index (Phi) is 5.43. The maximum Gasteiger partial charge on any atom is 0.258 e. The Morgan fingerprint density at radius 1 is 1.23 bits per heavy atom. The summed E-state index contributed by atoms with van der Waals surface area (Å²) in [6, 6.07) is 15.2. The second-order valence-corrected chi connectivity index (χ2v) is 6.56. The molecule has 1 unspecified atom stereocenters. The van der Waals surface area contributed by atoms with E-state index in [1.54, 1.807) is 18.2 Å². The number of nitriles is 1. The van der Waals surface area contributed by atoms with Gasteiger partial charge in [-0.25, -0.2) is 0 Å². The lowest BCUT2D eigenvalue weighted by molar-refractivity contribution is -0.124. The van der Waals surface area contributed by atoms with Crippen LogP contribution in [0.3, 0.4) is 0 Å². The van der Waals surface area contributed by atoms with Crippen molar-refractivity contribution in [3.8, 4) is 17.6 Å². The van der Waals surface area contributed by atoms with E-state index in [1.807, 2.05) is 13.0 Å². The van der Waals surface area contributed by atoms with Crippen molar-refractivity contribution in [3.63, 3.8) is 0 Å². The summed E-state index contributed by atoms with van der Waals surface area (Å²) in [5.74, 6) is 1.20. The second-order valence-electron chi connectivity index (χ2n) is 6.56. The van der Waals surface area contributed by atoms with Gasteiger partial charge < -0.3 is 14.8 Å². The van der Waals surface area contributed by atoms with Crippen molar-refractivity contribution in [1.29, 1.82) is 5.26 Å². The van der Waals surface area contributed by atoms with Gasteiger partial charge in [0.2, 0.25) is 0 Å². The molecule has 1 aliphatic carbocycles. The number of nitrogens with one attached hydrogen (secondary N) is 1. The van der Waals surface area contributed by atoms with Crippen LogP contribution in [0.4, 0.5) is 0 Å². The van der Waals surface area contributed by atoms with Gasteiger partial charge in [-0.05, 0) is 43.4 Å². The number of rotatable bonds is 7. The number of methoxy groups -OCH3 is 1. The van der Waals surface area contributed by atoms with E-state index in [0.29, 0.717) is 23.0 Å². The standard InChI is InChI=1S/C21H22N2O3/c1-14-3-6-16(7-4-14)21(17-8-9-17)23-20(24)13-26-18-10-5-15(12-22)11-19(18)25-2/h3-7,10-11,17,21H,8-9,13H2,1-2H3,(H,23,24). The maximum atomic E-state index is 12.4. The summed E-state index contributed by atoms with van der Waals surface area (Å²) < 4.78 is 10.8. The van der Waals surface area contributed by atoms with Gasteiger partial charge in [-0.3, -0.25) is 4.79 Å². The van der Waals surface area contributed by atoms with Gasteiger partial charge in [0.05, 0.1) is 24.8 Å². The van der Waals surface area contributed by atoms with Crippen LogP contribution in [0.15, 0.2) is 42.5 Å². The first kappa shape index (κ1) is 17.8. The molecule has 1 saturated carbocycles. The van der Waals surface area contributed by atoms with Gasteiger partial charge in [0.25, 0.3) is 5.91 Å². The van der Waals surface area contributed by atoms with Crippen LogP contribution in [0.5, 0.6) is 11.5 Å². The van der Waals surface area contributed by atoms with Crippen molar-refractivity contribution in [3.05, 3.63) is 59.2 Å². The number of aryl methyl sites for hydroxylation is 1. The molecule has 0 aromatic heterocycles. The quantitative estimate of drug-likeness (QED) is 0.829. The first-order valence-corrected chi connectivity index (χ1v) is 8.67. The van der Waals surface area contributed by atoms with Crippen LogP contribution >= 0.6 is 0 Å². The molecule has 0 spiro atoms. The number of nitrogens with zero attached hydrogens (tertiary/aromatic N) is 1. The van der Waals surface area contributed by atoms with Gasteiger partial charge in [0.1, 0.15) is 0 Å². The predicted octanol–water partition coefficient (Wildman–Crippen LogP) is 3.52. The molecule has 5 nitrogen and oxygen atoms in total. The summed E-state index contributed by atoms with van der Waals surface area (Å²) in [5, 5.41) is 12.0. The highest BCUT2D eigenvalue weighted by molar-refractivity contribution is 5.78. The molecule has 2 aromatic carbocycles. The third kappa shape index (κ3) is 4.34. The minimum Gasteiger partial charge on any atom is -0.493 e. The average Bonchev–Trinajstić information content (AvgIpc) is 3.50. The third-order valence-corrected chi connectivity index (χ3v) is 4.50. The molecule has 0 bridgehead atoms. The van der Waals surface area contributed by atoms with Gasteiger partial charge in [-0.15, -0.1) is 0 Å². The van der Waals surface area contributed by atoms with Crippen LogP contribution in [0.1, 0.15) is 35.6 Å². The maximum absolute atomic E-state index is 12.4. The van der Waals surface area contributed by atoms with Crippen LogP contribution < -0.4 is 14.8 Å². The minimum absolute atomic E-state index is 0.0227. The number of hydrogen-bond acceptors (Lipinski definition) is 4. The third-order valence-electron chi connectivity index (χ3n) is 4.50. The van der Waals surface area contributed by atoms with Gasteiger partial charge in [0, 0.05) is 6.07 Å². The minimum atomic E-state index is -0.172. The Bertz CT molecular complexity index is 820. The number of benzene rings is 2. The zero-order chi connectivity index (χ0) is 18.5. The molecule has 1 aliphatic rings. The van der Waals surface area contributed by atoms with Crippen LogP contribution in [0.2, 0.25) is 0 Å². The van der Waals surface area contributed by atoms with Gasteiger partial charge in [-0.2, -0.15) is 5.26 Å². The van der Waals surface area contributed by atoms with Crippen molar-refractivity contribution >= 4 is 5.91 Å². The molecular formula is C21H22N2O3. The van der Waals surface area contributed by atoms with E-state index < -0.39 is 0 Å². The largest absolute Gasteiger partial charge is 0.493 e. The summed E-state index contributed by atoms with van der Waals surface area (Å²) in [6.45, 7) is 1.95. The number of ether oxygens (including phenoxy) is 2. The normalized spacial score (nSPS) is 14.2. The number of carbonyl (C=O) groups excluding carboxylic acids is 1. The Balaban J connectivity index is 1.63. The molecule has 1 atom stereocenters. The first-order chi connectivity index (χ1) is 12.6. The van der Waals surface area contributed by atoms with Crippen LogP contribution in [0, 0.1) is 24.2 Å². The Hall–Kier alpha value is -3.00. The second kappa shape index (κ2) is 7.92. The summed E-state index contributed by atoms with van der Waals surface area (Å²) >= 11 is 0. The van der Waals surface area contributed by atoms with E-state index in [9.17, 15) is 4.79 Å². The van der Waals surface area contributed by atoms with E-state index in [1.165, 1.54) is 12.7 Å². The van der Waals surface area contributed by atoms with Gasteiger partial charge in [-0.1, -0.05) is 29.8 Å². The molecule has 134 valence electrons. The van der Waals surface area contributed by atoms with Crippen LogP contribution in [-0.4, -0.2) is 19.6 Å². The predicted molar refractivity (Wildman–Crippen MR) is 98.0 cm³/mol. The van der Waals surface area contributed by atoms with E-state index in [-0.39, 0.29) is 18.6 Å². The average molecular weight is 350 g/mol. The highest BCUT2D eigenvalue weighted by Crippen LogP contribution is 2.41. The lowest BCUT2D eigenvalue weighted by atomic mass is 10.0. The van der Waals surface area contributed by atoms with Crippen molar-refractivity contribution in [2.24, 2.45) is 5.92 Å². The van der Waals surface area contributed by atoms with E-state index in [4.69, 9.17) is 14.7 Å². The summed E-state index contributed by atoms with van der Waals surface area (Å²) in [7, 11) is 1.50. The molecule has 0 radical (unpaired) electrons. The smallest absolute Gasteiger partial charge is 0.258 e. The molecule has 0 heterocycles. The van der Waals surface area contributed by atoms with E-state index in [2.05, 4.69) is 29.6 Å². The van der Waals surface area contributed by atoms with Crippen molar-refractivity contribution in [2.45, 2.75) is 25.8 Å². The molecule has 0 saturated heterocycles. The summed E-state index contributed by atoms with van der Waals surface area (Å²) in [6.07, 6.45) is 2.26. The highest BCUT2D eigenvalue weighted by Gasteiger charge is 2.33. The Labute approximate surface area is 153 Å². The SMILES string of the molecule is COc1cc(C#N)ccc1OCC(=O)NC(c1ccc(C)cc1)C1CC1. The van der Waals surface area contributed by atoms with Crippen molar-refractivity contribution in [2.75, 3.05) is 13.7 Å².